The number of anilines is 1. The van der Waals surface area contributed by atoms with Crippen molar-refractivity contribution in [1.29, 1.82) is 0 Å². The van der Waals surface area contributed by atoms with Crippen LogP contribution in [0.4, 0.5) is 6.01 Å². The van der Waals surface area contributed by atoms with Gasteiger partial charge in [0.05, 0.1) is 5.69 Å². The third kappa shape index (κ3) is 3.75. The van der Waals surface area contributed by atoms with Gasteiger partial charge < -0.3 is 9.73 Å². The number of nitrogens with one attached hydrogen (secondary N) is 1. The van der Waals surface area contributed by atoms with Gasteiger partial charge in [-0.1, -0.05) is 66.6 Å². The molecule has 136 valence electrons. The lowest BCUT2D eigenvalue weighted by Crippen LogP contribution is -1.99. The van der Waals surface area contributed by atoms with Crippen LogP contribution in [0.1, 0.15) is 19.0 Å². The standard InChI is InChI=1S/C21H20N4OS/c1-3-13-22-21-25-24-19(26-21)18-14(2)23-20(27-18)17-11-9-16(10-12-17)15-7-5-4-6-8-15/h4-12H,3,13H2,1-2H3,(H,22,25). The first-order chi connectivity index (χ1) is 13.2. The molecule has 1 N–H and O–H groups in total. The van der Waals surface area contributed by atoms with Gasteiger partial charge in [-0.05, 0) is 24.5 Å². The van der Waals surface area contributed by atoms with E-state index in [4.69, 9.17) is 9.40 Å². The summed E-state index contributed by atoms with van der Waals surface area (Å²) in [6, 6.07) is 19.3. The van der Waals surface area contributed by atoms with E-state index >= 15 is 0 Å². The van der Waals surface area contributed by atoms with Crippen molar-refractivity contribution in [3.63, 3.8) is 0 Å². The average Bonchev–Trinajstić information content (AvgIpc) is 3.33. The fourth-order valence-corrected chi connectivity index (χ4v) is 3.77. The van der Waals surface area contributed by atoms with Gasteiger partial charge in [-0.15, -0.1) is 16.4 Å². The summed E-state index contributed by atoms with van der Waals surface area (Å²) in [5.41, 5.74) is 4.38. The molecule has 0 unspecified atom stereocenters. The molecule has 2 heterocycles. The van der Waals surface area contributed by atoms with E-state index in [1.807, 2.05) is 25.1 Å². The Morgan fingerprint density at radius 2 is 1.63 bits per heavy atom. The zero-order valence-corrected chi connectivity index (χ0v) is 16.1. The molecule has 0 amide bonds. The smallest absolute Gasteiger partial charge is 0.315 e. The second kappa shape index (κ2) is 7.72. The largest absolute Gasteiger partial charge is 0.402 e. The predicted molar refractivity (Wildman–Crippen MR) is 110 cm³/mol. The minimum Gasteiger partial charge on any atom is -0.402 e. The van der Waals surface area contributed by atoms with Gasteiger partial charge in [0.15, 0.2) is 0 Å². The Bertz CT molecular complexity index is 1020. The van der Waals surface area contributed by atoms with Gasteiger partial charge in [0.1, 0.15) is 9.88 Å². The maximum atomic E-state index is 5.72. The van der Waals surface area contributed by atoms with Crippen LogP contribution in [-0.2, 0) is 0 Å². The summed E-state index contributed by atoms with van der Waals surface area (Å²) in [6.07, 6.45) is 1.00. The van der Waals surface area contributed by atoms with Crippen LogP contribution in [0.3, 0.4) is 0 Å². The molecule has 0 atom stereocenters. The number of hydrogen-bond acceptors (Lipinski definition) is 6. The van der Waals surface area contributed by atoms with Gasteiger partial charge in [-0.25, -0.2) is 4.98 Å². The van der Waals surface area contributed by atoms with Crippen LogP contribution in [0, 0.1) is 6.92 Å². The third-order valence-electron chi connectivity index (χ3n) is 4.18. The molecular formula is C21H20N4OS. The Kier molecular flexibility index (Phi) is 4.98. The highest BCUT2D eigenvalue weighted by atomic mass is 32.1. The summed E-state index contributed by atoms with van der Waals surface area (Å²) in [5, 5.41) is 12.3. The van der Waals surface area contributed by atoms with Crippen molar-refractivity contribution >= 4 is 17.4 Å². The molecule has 6 heteroatoms. The van der Waals surface area contributed by atoms with E-state index < -0.39 is 0 Å². The molecule has 5 nitrogen and oxygen atoms in total. The number of rotatable bonds is 6. The summed E-state index contributed by atoms with van der Waals surface area (Å²) in [6.45, 7) is 4.87. The highest BCUT2D eigenvalue weighted by Gasteiger charge is 2.17. The summed E-state index contributed by atoms with van der Waals surface area (Å²) < 4.78 is 5.72. The molecule has 0 saturated carbocycles. The van der Waals surface area contributed by atoms with Crippen LogP contribution < -0.4 is 5.32 Å². The molecule has 4 aromatic rings. The number of aromatic nitrogens is 3. The maximum absolute atomic E-state index is 5.72. The van der Waals surface area contributed by atoms with Gasteiger partial charge >= 0.3 is 6.01 Å². The molecule has 0 aliphatic rings. The number of benzene rings is 2. The van der Waals surface area contributed by atoms with E-state index in [1.54, 1.807) is 11.3 Å². The van der Waals surface area contributed by atoms with Crippen LogP contribution in [0.2, 0.25) is 0 Å². The van der Waals surface area contributed by atoms with Crippen molar-refractivity contribution in [2.24, 2.45) is 0 Å². The Hall–Kier alpha value is -2.99. The molecular weight excluding hydrogens is 356 g/mol. The van der Waals surface area contributed by atoms with Gasteiger partial charge in [0, 0.05) is 12.1 Å². The molecule has 27 heavy (non-hydrogen) atoms. The molecule has 2 aromatic carbocycles. The Balaban J connectivity index is 1.58. The first-order valence-electron chi connectivity index (χ1n) is 8.95. The van der Waals surface area contributed by atoms with Crippen LogP contribution in [-0.4, -0.2) is 21.7 Å². The average molecular weight is 376 g/mol. The van der Waals surface area contributed by atoms with Gasteiger partial charge in [0.25, 0.3) is 5.89 Å². The molecule has 0 bridgehead atoms. The monoisotopic (exact) mass is 376 g/mol. The molecule has 0 aliphatic heterocycles. The highest BCUT2D eigenvalue weighted by Crippen LogP contribution is 2.35. The van der Waals surface area contributed by atoms with E-state index in [1.165, 1.54) is 11.1 Å². The molecule has 0 spiro atoms. The van der Waals surface area contributed by atoms with E-state index in [9.17, 15) is 0 Å². The third-order valence-corrected chi connectivity index (χ3v) is 5.38. The van der Waals surface area contributed by atoms with Crippen molar-refractivity contribution in [2.75, 3.05) is 11.9 Å². The van der Waals surface area contributed by atoms with Crippen molar-refractivity contribution in [2.45, 2.75) is 20.3 Å². The number of hydrogen-bond donors (Lipinski definition) is 1. The fraction of sp³-hybridized carbons (Fsp3) is 0.190. The van der Waals surface area contributed by atoms with E-state index in [0.29, 0.717) is 11.9 Å². The van der Waals surface area contributed by atoms with E-state index in [-0.39, 0.29) is 0 Å². The first kappa shape index (κ1) is 17.4. The first-order valence-corrected chi connectivity index (χ1v) is 9.77. The van der Waals surface area contributed by atoms with Crippen LogP contribution in [0.15, 0.2) is 59.0 Å². The lowest BCUT2D eigenvalue weighted by atomic mass is 10.0. The minimum absolute atomic E-state index is 0.452. The van der Waals surface area contributed by atoms with Gasteiger partial charge in [0.2, 0.25) is 0 Å². The van der Waals surface area contributed by atoms with Crippen LogP contribution in [0.25, 0.3) is 32.5 Å². The summed E-state index contributed by atoms with van der Waals surface area (Å²) >= 11 is 1.57. The van der Waals surface area contributed by atoms with Crippen molar-refractivity contribution in [3.05, 3.63) is 60.3 Å². The lowest BCUT2D eigenvalue weighted by molar-refractivity contribution is 0.581. The summed E-state index contributed by atoms with van der Waals surface area (Å²) in [7, 11) is 0. The van der Waals surface area contributed by atoms with Crippen molar-refractivity contribution in [1.82, 2.24) is 15.2 Å². The zero-order chi connectivity index (χ0) is 18.6. The molecule has 0 aliphatic carbocycles. The van der Waals surface area contributed by atoms with Crippen molar-refractivity contribution in [3.8, 4) is 32.5 Å². The molecule has 0 radical (unpaired) electrons. The predicted octanol–water partition coefficient (Wildman–Crippen LogP) is 5.66. The summed E-state index contributed by atoms with van der Waals surface area (Å²) in [5.74, 6) is 0.510. The lowest BCUT2D eigenvalue weighted by Gasteiger charge is -2.02. The molecule has 4 rings (SSSR count). The van der Waals surface area contributed by atoms with E-state index in [2.05, 4.69) is 58.8 Å². The van der Waals surface area contributed by atoms with E-state index in [0.717, 1.165) is 34.1 Å². The SMILES string of the molecule is CCCNc1nnc(-c2sc(-c3ccc(-c4ccccc4)cc3)nc2C)o1. The maximum Gasteiger partial charge on any atom is 0.315 e. The van der Waals surface area contributed by atoms with Crippen LogP contribution in [0.5, 0.6) is 0 Å². The number of nitrogens with zero attached hydrogens (tertiary/aromatic N) is 3. The van der Waals surface area contributed by atoms with Crippen molar-refractivity contribution < 1.29 is 4.42 Å². The topological polar surface area (TPSA) is 63.8 Å². The molecule has 0 saturated heterocycles. The highest BCUT2D eigenvalue weighted by molar-refractivity contribution is 7.18. The normalized spacial score (nSPS) is 10.9. The Labute approximate surface area is 162 Å². The Morgan fingerprint density at radius 3 is 2.37 bits per heavy atom. The second-order valence-corrected chi connectivity index (χ2v) is 7.22. The van der Waals surface area contributed by atoms with Gasteiger partial charge in [-0.2, -0.15) is 0 Å². The Morgan fingerprint density at radius 1 is 0.926 bits per heavy atom. The molecule has 2 aromatic heterocycles. The number of thiazole rings is 1. The minimum atomic E-state index is 0.452. The zero-order valence-electron chi connectivity index (χ0n) is 15.3. The summed E-state index contributed by atoms with van der Waals surface area (Å²) in [4.78, 5) is 5.61. The second-order valence-electron chi connectivity index (χ2n) is 6.22. The number of aryl methyl sites for hydroxylation is 1. The fourth-order valence-electron chi connectivity index (χ4n) is 2.77. The van der Waals surface area contributed by atoms with Crippen LogP contribution >= 0.6 is 11.3 Å². The quantitative estimate of drug-likeness (QED) is 0.470. The molecule has 0 fully saturated rings. The van der Waals surface area contributed by atoms with Gasteiger partial charge in [-0.3, -0.25) is 0 Å².